The number of hydrazine groups is 1. The summed E-state index contributed by atoms with van der Waals surface area (Å²) in [5.41, 5.74) is 3.91. The van der Waals surface area contributed by atoms with E-state index in [4.69, 9.17) is 17.0 Å². The van der Waals surface area contributed by atoms with Gasteiger partial charge in [-0.25, -0.2) is 5.01 Å². The third kappa shape index (κ3) is 6.13. The summed E-state index contributed by atoms with van der Waals surface area (Å²) in [5.74, 6) is 0.0159. The van der Waals surface area contributed by atoms with Crippen molar-refractivity contribution in [3.63, 3.8) is 0 Å². The van der Waals surface area contributed by atoms with Crippen LogP contribution in [0.4, 0.5) is 0 Å². The number of ether oxygens (including phenoxy) is 1. The fourth-order valence-corrected chi connectivity index (χ4v) is 4.34. The minimum Gasteiger partial charge on any atom is -0.379 e. The SMILES string of the molecule is O=C(CCCCCN1C(=O)C(=Cc2ccccc2)SC1=S)NN1CCOCC1. The van der Waals surface area contributed by atoms with E-state index in [1.807, 2.05) is 41.4 Å². The maximum atomic E-state index is 12.6. The zero-order valence-corrected chi connectivity index (χ0v) is 17.4. The lowest BCUT2D eigenvalue weighted by molar-refractivity contribution is -0.128. The molecular weight excluding hydrogens is 394 g/mol. The lowest BCUT2D eigenvalue weighted by Crippen LogP contribution is -2.48. The van der Waals surface area contributed by atoms with E-state index in [2.05, 4.69) is 5.43 Å². The van der Waals surface area contributed by atoms with E-state index >= 15 is 0 Å². The number of rotatable bonds is 8. The van der Waals surface area contributed by atoms with Gasteiger partial charge in [0.15, 0.2) is 0 Å². The second-order valence-electron chi connectivity index (χ2n) is 6.69. The van der Waals surface area contributed by atoms with E-state index < -0.39 is 0 Å². The van der Waals surface area contributed by atoms with Crippen LogP contribution in [0.25, 0.3) is 6.08 Å². The molecule has 1 N–H and O–H groups in total. The largest absolute Gasteiger partial charge is 0.379 e. The van der Waals surface area contributed by atoms with Crippen molar-refractivity contribution in [2.45, 2.75) is 25.7 Å². The third-order valence-electron chi connectivity index (χ3n) is 4.55. The number of benzene rings is 1. The first-order valence-electron chi connectivity index (χ1n) is 9.56. The minimum atomic E-state index is -0.0242. The number of unbranched alkanes of at least 4 members (excludes halogenated alkanes) is 2. The van der Waals surface area contributed by atoms with Crippen LogP contribution < -0.4 is 5.43 Å². The van der Waals surface area contributed by atoms with E-state index in [0.717, 1.165) is 37.9 Å². The Hall–Kier alpha value is -1.74. The molecule has 2 fully saturated rings. The monoisotopic (exact) mass is 419 g/mol. The highest BCUT2D eigenvalue weighted by Crippen LogP contribution is 2.32. The molecule has 0 bridgehead atoms. The van der Waals surface area contributed by atoms with Crippen molar-refractivity contribution in [1.29, 1.82) is 0 Å². The van der Waals surface area contributed by atoms with Crippen LogP contribution >= 0.6 is 24.0 Å². The molecule has 28 heavy (non-hydrogen) atoms. The standard InChI is InChI=1S/C20H25N3O3S2/c24-18(21-22-11-13-26-14-12-22)9-5-2-6-10-23-19(25)17(28-20(23)27)15-16-7-3-1-4-8-16/h1,3-4,7-8,15H,2,5-6,9-14H2,(H,21,24). The van der Waals surface area contributed by atoms with Crippen LogP contribution in [-0.4, -0.2) is 58.9 Å². The summed E-state index contributed by atoms with van der Waals surface area (Å²) >= 11 is 6.72. The predicted molar refractivity (Wildman–Crippen MR) is 115 cm³/mol. The predicted octanol–water partition coefficient (Wildman–Crippen LogP) is 2.81. The van der Waals surface area contributed by atoms with Crippen LogP contribution in [0.15, 0.2) is 35.2 Å². The van der Waals surface area contributed by atoms with Crippen LogP contribution in [0, 0.1) is 0 Å². The molecular formula is C20H25N3O3S2. The van der Waals surface area contributed by atoms with Crippen molar-refractivity contribution in [2.75, 3.05) is 32.8 Å². The van der Waals surface area contributed by atoms with Crippen LogP contribution in [0.3, 0.4) is 0 Å². The molecule has 1 aromatic rings. The molecule has 0 spiro atoms. The molecule has 0 radical (unpaired) electrons. The number of nitrogens with one attached hydrogen (secondary N) is 1. The summed E-state index contributed by atoms with van der Waals surface area (Å²) in [6.07, 6.45) is 4.88. The smallest absolute Gasteiger partial charge is 0.266 e. The quantitative estimate of drug-likeness (QED) is 0.397. The molecule has 0 atom stereocenters. The molecule has 3 rings (SSSR count). The van der Waals surface area contributed by atoms with Crippen LogP contribution in [-0.2, 0) is 14.3 Å². The summed E-state index contributed by atoms with van der Waals surface area (Å²) in [5, 5.41) is 1.91. The average molecular weight is 420 g/mol. The molecule has 0 unspecified atom stereocenters. The molecule has 2 aliphatic heterocycles. The molecule has 0 aromatic heterocycles. The Labute approximate surface area is 175 Å². The number of amides is 2. The molecule has 0 saturated carbocycles. The maximum Gasteiger partial charge on any atom is 0.266 e. The minimum absolute atomic E-state index is 0.0242. The zero-order valence-electron chi connectivity index (χ0n) is 15.8. The first-order chi connectivity index (χ1) is 13.6. The Bertz CT molecular complexity index is 733. The molecule has 2 heterocycles. The summed E-state index contributed by atoms with van der Waals surface area (Å²) in [4.78, 5) is 26.9. The molecule has 2 aliphatic rings. The molecule has 6 nitrogen and oxygen atoms in total. The van der Waals surface area contributed by atoms with E-state index in [0.29, 0.717) is 35.4 Å². The van der Waals surface area contributed by atoms with Gasteiger partial charge in [0.2, 0.25) is 5.91 Å². The van der Waals surface area contributed by atoms with Gasteiger partial charge >= 0.3 is 0 Å². The average Bonchev–Trinajstić information content (AvgIpc) is 2.96. The Morgan fingerprint density at radius 3 is 2.68 bits per heavy atom. The van der Waals surface area contributed by atoms with Crippen molar-refractivity contribution in [3.8, 4) is 0 Å². The van der Waals surface area contributed by atoms with E-state index in [1.165, 1.54) is 11.8 Å². The molecule has 0 aliphatic carbocycles. The number of nitrogens with zero attached hydrogens (tertiary/aromatic N) is 2. The van der Waals surface area contributed by atoms with Gasteiger partial charge in [0.05, 0.1) is 18.1 Å². The number of carbonyl (C=O) groups is 2. The molecule has 150 valence electrons. The van der Waals surface area contributed by atoms with Gasteiger partial charge in [0.1, 0.15) is 4.32 Å². The van der Waals surface area contributed by atoms with Gasteiger partial charge in [-0.15, -0.1) is 0 Å². The van der Waals surface area contributed by atoms with Gasteiger partial charge in [0, 0.05) is 26.1 Å². The normalized spacial score (nSPS) is 19.4. The molecule has 2 amide bonds. The first-order valence-corrected chi connectivity index (χ1v) is 10.8. The van der Waals surface area contributed by atoms with Crippen molar-refractivity contribution >= 4 is 46.2 Å². The lowest BCUT2D eigenvalue weighted by Gasteiger charge is -2.26. The van der Waals surface area contributed by atoms with Crippen molar-refractivity contribution < 1.29 is 14.3 Å². The lowest BCUT2D eigenvalue weighted by atomic mass is 10.2. The number of morpholine rings is 1. The van der Waals surface area contributed by atoms with Gasteiger partial charge in [-0.3, -0.25) is 19.9 Å². The highest BCUT2D eigenvalue weighted by molar-refractivity contribution is 8.26. The summed E-state index contributed by atoms with van der Waals surface area (Å²) in [6.45, 7) is 3.38. The fraction of sp³-hybridized carbons (Fsp3) is 0.450. The van der Waals surface area contributed by atoms with E-state index in [-0.39, 0.29) is 11.8 Å². The molecule has 2 saturated heterocycles. The second kappa shape index (κ2) is 10.7. The second-order valence-corrected chi connectivity index (χ2v) is 8.36. The van der Waals surface area contributed by atoms with Gasteiger partial charge < -0.3 is 4.74 Å². The Kier molecular flexibility index (Phi) is 8.02. The van der Waals surface area contributed by atoms with E-state index in [1.54, 1.807) is 4.90 Å². The van der Waals surface area contributed by atoms with Gasteiger partial charge in [-0.05, 0) is 24.5 Å². The fourth-order valence-electron chi connectivity index (χ4n) is 3.03. The topological polar surface area (TPSA) is 61.9 Å². The third-order valence-corrected chi connectivity index (χ3v) is 5.93. The number of carbonyl (C=O) groups excluding carboxylic acids is 2. The number of thioether (sulfide) groups is 1. The van der Waals surface area contributed by atoms with Crippen molar-refractivity contribution in [2.24, 2.45) is 0 Å². The Morgan fingerprint density at radius 2 is 1.93 bits per heavy atom. The molecule has 8 heteroatoms. The summed E-state index contributed by atoms with van der Waals surface area (Å²) in [7, 11) is 0. The van der Waals surface area contributed by atoms with Crippen LogP contribution in [0.5, 0.6) is 0 Å². The maximum absolute atomic E-state index is 12.6. The van der Waals surface area contributed by atoms with Crippen molar-refractivity contribution in [1.82, 2.24) is 15.3 Å². The van der Waals surface area contributed by atoms with Crippen molar-refractivity contribution in [3.05, 3.63) is 40.8 Å². The van der Waals surface area contributed by atoms with Gasteiger partial charge in [-0.1, -0.05) is 60.7 Å². The van der Waals surface area contributed by atoms with E-state index in [9.17, 15) is 9.59 Å². The highest BCUT2D eigenvalue weighted by Gasteiger charge is 2.31. The highest BCUT2D eigenvalue weighted by atomic mass is 32.2. The number of thiocarbonyl (C=S) groups is 1. The van der Waals surface area contributed by atoms with Crippen LogP contribution in [0.2, 0.25) is 0 Å². The zero-order chi connectivity index (χ0) is 19.8. The molecule has 1 aromatic carbocycles. The van der Waals surface area contributed by atoms with Crippen LogP contribution in [0.1, 0.15) is 31.2 Å². The van der Waals surface area contributed by atoms with Gasteiger partial charge in [-0.2, -0.15) is 0 Å². The summed E-state index contributed by atoms with van der Waals surface area (Å²) in [6, 6.07) is 9.77. The number of hydrogen-bond acceptors (Lipinski definition) is 6. The first kappa shape index (κ1) is 21.0. The Morgan fingerprint density at radius 1 is 1.18 bits per heavy atom. The van der Waals surface area contributed by atoms with Gasteiger partial charge in [0.25, 0.3) is 5.91 Å². The summed E-state index contributed by atoms with van der Waals surface area (Å²) < 4.78 is 5.87. The number of hydrogen-bond donors (Lipinski definition) is 1. The Balaban J connectivity index is 1.36.